The SMILES string of the molecule is COc1ccc(S(=O)(=O)N(C)C)cc1NC(=O)[C@@]1(C)Cc2ccccc2C(=O)O1. The summed E-state index contributed by atoms with van der Waals surface area (Å²) in [5.74, 6) is -0.888. The second kappa shape index (κ2) is 7.49. The summed E-state index contributed by atoms with van der Waals surface area (Å²) in [6.07, 6.45) is 0.193. The van der Waals surface area contributed by atoms with E-state index >= 15 is 0 Å². The second-order valence-corrected chi connectivity index (χ2v) is 9.21. The average molecular weight is 418 g/mol. The van der Waals surface area contributed by atoms with Gasteiger partial charge < -0.3 is 14.8 Å². The lowest BCUT2D eigenvalue weighted by atomic mass is 9.89. The standard InChI is InChI=1S/C20H22N2O6S/c1-20(12-13-7-5-6-8-15(13)18(23)28-20)19(24)21-16-11-14(9-10-17(16)27-4)29(25,26)22(2)3/h5-11H,12H2,1-4H3,(H,21,24)/t20-/m1/s1. The van der Waals surface area contributed by atoms with Crippen LogP contribution in [0.2, 0.25) is 0 Å². The molecule has 1 amide bonds. The molecule has 0 bridgehead atoms. The van der Waals surface area contributed by atoms with Crippen molar-refractivity contribution in [3.63, 3.8) is 0 Å². The van der Waals surface area contributed by atoms with Gasteiger partial charge in [0, 0.05) is 20.5 Å². The van der Waals surface area contributed by atoms with E-state index < -0.39 is 27.5 Å². The fraction of sp³-hybridized carbons (Fsp3) is 0.300. The lowest BCUT2D eigenvalue weighted by Gasteiger charge is -2.33. The topological polar surface area (TPSA) is 102 Å². The van der Waals surface area contributed by atoms with E-state index in [1.165, 1.54) is 46.3 Å². The molecule has 2 aromatic carbocycles. The van der Waals surface area contributed by atoms with Crippen LogP contribution in [-0.2, 0) is 26.0 Å². The Morgan fingerprint density at radius 1 is 1.21 bits per heavy atom. The number of nitrogens with zero attached hydrogens (tertiary/aromatic N) is 1. The van der Waals surface area contributed by atoms with Crippen molar-refractivity contribution < 1.29 is 27.5 Å². The van der Waals surface area contributed by atoms with E-state index in [9.17, 15) is 18.0 Å². The number of sulfonamides is 1. The number of fused-ring (bicyclic) bond motifs is 1. The molecule has 0 unspecified atom stereocenters. The lowest BCUT2D eigenvalue weighted by molar-refractivity contribution is -0.134. The summed E-state index contributed by atoms with van der Waals surface area (Å²) >= 11 is 0. The molecule has 1 aliphatic heterocycles. The molecule has 154 valence electrons. The summed E-state index contributed by atoms with van der Waals surface area (Å²) in [5.41, 5.74) is -0.157. The lowest BCUT2D eigenvalue weighted by Crippen LogP contribution is -2.48. The molecule has 3 rings (SSSR count). The van der Waals surface area contributed by atoms with Crippen molar-refractivity contribution in [1.82, 2.24) is 4.31 Å². The van der Waals surface area contributed by atoms with Crippen LogP contribution in [0.15, 0.2) is 47.4 Å². The highest BCUT2D eigenvalue weighted by molar-refractivity contribution is 7.89. The molecule has 1 N–H and O–H groups in total. The van der Waals surface area contributed by atoms with Gasteiger partial charge in [-0.1, -0.05) is 18.2 Å². The molecular weight excluding hydrogens is 396 g/mol. The van der Waals surface area contributed by atoms with Gasteiger partial charge in [0.25, 0.3) is 5.91 Å². The van der Waals surface area contributed by atoms with E-state index in [1.54, 1.807) is 24.3 Å². The summed E-state index contributed by atoms with van der Waals surface area (Å²) in [5, 5.41) is 2.65. The number of anilines is 1. The number of rotatable bonds is 5. The van der Waals surface area contributed by atoms with E-state index in [2.05, 4.69) is 5.32 Å². The van der Waals surface area contributed by atoms with Gasteiger partial charge >= 0.3 is 5.97 Å². The van der Waals surface area contributed by atoms with E-state index in [0.29, 0.717) is 11.1 Å². The maximum Gasteiger partial charge on any atom is 0.339 e. The molecule has 0 radical (unpaired) electrons. The van der Waals surface area contributed by atoms with Crippen molar-refractivity contribution >= 4 is 27.6 Å². The van der Waals surface area contributed by atoms with Crippen molar-refractivity contribution in [3.05, 3.63) is 53.6 Å². The Balaban J connectivity index is 1.94. The van der Waals surface area contributed by atoms with E-state index in [1.807, 2.05) is 0 Å². The number of hydrogen-bond acceptors (Lipinski definition) is 6. The number of carbonyl (C=O) groups excluding carboxylic acids is 2. The Morgan fingerprint density at radius 3 is 2.55 bits per heavy atom. The Kier molecular flexibility index (Phi) is 5.38. The van der Waals surface area contributed by atoms with Crippen LogP contribution in [-0.4, -0.2) is 51.4 Å². The fourth-order valence-electron chi connectivity index (χ4n) is 3.07. The molecule has 2 aromatic rings. The van der Waals surface area contributed by atoms with Crippen LogP contribution in [0.3, 0.4) is 0 Å². The van der Waals surface area contributed by atoms with Crippen LogP contribution in [0, 0.1) is 0 Å². The predicted molar refractivity (Wildman–Crippen MR) is 106 cm³/mol. The number of amides is 1. The van der Waals surface area contributed by atoms with Crippen molar-refractivity contribution in [1.29, 1.82) is 0 Å². The van der Waals surface area contributed by atoms with Gasteiger partial charge in [-0.3, -0.25) is 4.79 Å². The van der Waals surface area contributed by atoms with Crippen LogP contribution in [0.1, 0.15) is 22.8 Å². The van der Waals surface area contributed by atoms with Crippen LogP contribution < -0.4 is 10.1 Å². The molecule has 0 saturated carbocycles. The predicted octanol–water partition coefficient (Wildman–Crippen LogP) is 2.06. The van der Waals surface area contributed by atoms with Crippen molar-refractivity contribution in [2.75, 3.05) is 26.5 Å². The number of carbonyl (C=O) groups is 2. The first-order valence-corrected chi connectivity index (χ1v) is 10.3. The maximum absolute atomic E-state index is 13.0. The molecule has 0 aromatic heterocycles. The largest absolute Gasteiger partial charge is 0.495 e. The van der Waals surface area contributed by atoms with E-state index in [0.717, 1.165) is 4.31 Å². The van der Waals surface area contributed by atoms with Crippen molar-refractivity contribution in [2.24, 2.45) is 0 Å². The van der Waals surface area contributed by atoms with Gasteiger partial charge in [-0.05, 0) is 36.8 Å². The van der Waals surface area contributed by atoms with Gasteiger partial charge in [-0.2, -0.15) is 0 Å². The quantitative estimate of drug-likeness (QED) is 0.746. The summed E-state index contributed by atoms with van der Waals surface area (Å²) in [6.45, 7) is 1.52. The van der Waals surface area contributed by atoms with Gasteiger partial charge in [0.05, 0.1) is 23.3 Å². The zero-order valence-electron chi connectivity index (χ0n) is 16.6. The molecule has 1 atom stereocenters. The number of ether oxygens (including phenoxy) is 2. The monoisotopic (exact) mass is 418 g/mol. The number of esters is 1. The first kappa shape index (κ1) is 20.8. The Hall–Kier alpha value is -2.91. The third-order valence-corrected chi connectivity index (χ3v) is 6.57. The maximum atomic E-state index is 13.0. The molecule has 0 saturated heterocycles. The number of methoxy groups -OCH3 is 1. The number of nitrogens with one attached hydrogen (secondary N) is 1. The first-order chi connectivity index (χ1) is 13.6. The molecule has 8 nitrogen and oxygen atoms in total. The fourth-order valence-corrected chi connectivity index (χ4v) is 4.00. The van der Waals surface area contributed by atoms with Gasteiger partial charge in [0.2, 0.25) is 10.0 Å². The van der Waals surface area contributed by atoms with Crippen LogP contribution in [0.4, 0.5) is 5.69 Å². The molecule has 0 spiro atoms. The molecule has 1 heterocycles. The number of cyclic esters (lactones) is 1. The highest BCUT2D eigenvalue weighted by atomic mass is 32.2. The van der Waals surface area contributed by atoms with Crippen molar-refractivity contribution in [2.45, 2.75) is 23.8 Å². The third kappa shape index (κ3) is 3.83. The van der Waals surface area contributed by atoms with Crippen LogP contribution in [0.5, 0.6) is 5.75 Å². The number of hydrogen-bond donors (Lipinski definition) is 1. The molecule has 1 aliphatic rings. The number of benzene rings is 2. The molecule has 9 heteroatoms. The molecule has 0 aliphatic carbocycles. The third-order valence-electron chi connectivity index (χ3n) is 4.76. The van der Waals surface area contributed by atoms with E-state index in [-0.39, 0.29) is 22.8 Å². The van der Waals surface area contributed by atoms with Gasteiger partial charge in [0.1, 0.15) is 5.75 Å². The average Bonchev–Trinajstić information content (AvgIpc) is 2.67. The Morgan fingerprint density at radius 2 is 1.90 bits per heavy atom. The summed E-state index contributed by atoms with van der Waals surface area (Å²) < 4.78 is 36.6. The summed E-state index contributed by atoms with van der Waals surface area (Å²) in [6, 6.07) is 11.1. The highest BCUT2D eigenvalue weighted by Gasteiger charge is 2.43. The highest BCUT2D eigenvalue weighted by Crippen LogP contribution is 2.32. The normalized spacial score (nSPS) is 18.7. The molecule has 29 heavy (non-hydrogen) atoms. The van der Waals surface area contributed by atoms with Crippen LogP contribution >= 0.6 is 0 Å². The van der Waals surface area contributed by atoms with Gasteiger partial charge in [0.15, 0.2) is 5.60 Å². The smallest absolute Gasteiger partial charge is 0.339 e. The minimum atomic E-state index is -3.71. The van der Waals surface area contributed by atoms with Gasteiger partial charge in [-0.25, -0.2) is 17.5 Å². The van der Waals surface area contributed by atoms with Crippen LogP contribution in [0.25, 0.3) is 0 Å². The zero-order valence-corrected chi connectivity index (χ0v) is 17.4. The zero-order chi connectivity index (χ0) is 21.4. The minimum absolute atomic E-state index is 0.00487. The van der Waals surface area contributed by atoms with E-state index in [4.69, 9.17) is 9.47 Å². The molecular formula is C20H22N2O6S. The van der Waals surface area contributed by atoms with Gasteiger partial charge in [-0.15, -0.1) is 0 Å². The first-order valence-electron chi connectivity index (χ1n) is 8.82. The van der Waals surface area contributed by atoms with Crippen molar-refractivity contribution in [3.8, 4) is 5.75 Å². The Labute approximate surface area is 169 Å². The minimum Gasteiger partial charge on any atom is -0.495 e. The summed E-state index contributed by atoms with van der Waals surface area (Å²) in [4.78, 5) is 25.3. The molecule has 0 fully saturated rings. The second-order valence-electron chi connectivity index (χ2n) is 7.06. The summed E-state index contributed by atoms with van der Waals surface area (Å²) in [7, 11) is 0.527. The Bertz CT molecular complexity index is 1080.